The van der Waals surface area contributed by atoms with E-state index >= 15 is 0 Å². The van der Waals surface area contributed by atoms with Crippen LogP contribution in [0.4, 0.5) is 0 Å². The highest BCUT2D eigenvalue weighted by atomic mass is 16.4. The third-order valence-corrected chi connectivity index (χ3v) is 4.51. The molecule has 3 rings (SSSR count). The van der Waals surface area contributed by atoms with E-state index in [1.165, 1.54) is 0 Å². The molecule has 2 saturated carbocycles. The largest absolute Gasteiger partial charge is 0.550 e. The molecule has 102 valence electrons. The molecule has 1 aromatic heterocycles. The van der Waals surface area contributed by atoms with E-state index in [-0.39, 0.29) is 17.7 Å². The second kappa shape index (κ2) is 4.72. The van der Waals surface area contributed by atoms with Crippen molar-refractivity contribution in [3.8, 4) is 0 Å². The summed E-state index contributed by atoms with van der Waals surface area (Å²) in [6.07, 6.45) is 4.25. The normalized spacial score (nSPS) is 32.4. The van der Waals surface area contributed by atoms with Gasteiger partial charge in [0, 0.05) is 17.8 Å². The van der Waals surface area contributed by atoms with Crippen LogP contribution in [0.2, 0.25) is 0 Å². The van der Waals surface area contributed by atoms with Gasteiger partial charge in [-0.15, -0.1) is 0 Å². The van der Waals surface area contributed by atoms with Gasteiger partial charge in [0.1, 0.15) is 5.76 Å². The standard InChI is InChI=1S/C14H17NO4/c16-13(15-7-10-2-1-5-19-10)11-8-3-4-9(6-8)12(11)14(17)18/h1-2,5,8-9,11-12H,3-4,6-7H2,(H,15,16)(H,17,18)/p-1/t8-,9-,11-,12-/m0/s1. The van der Waals surface area contributed by atoms with Crippen LogP contribution in [-0.4, -0.2) is 11.9 Å². The summed E-state index contributed by atoms with van der Waals surface area (Å²) in [7, 11) is 0. The molecule has 0 saturated heterocycles. The summed E-state index contributed by atoms with van der Waals surface area (Å²) in [5.41, 5.74) is 0. The van der Waals surface area contributed by atoms with E-state index in [9.17, 15) is 14.7 Å². The van der Waals surface area contributed by atoms with E-state index in [0.29, 0.717) is 12.3 Å². The van der Waals surface area contributed by atoms with Crippen LogP contribution in [0.25, 0.3) is 0 Å². The minimum Gasteiger partial charge on any atom is -0.550 e. The molecule has 2 bridgehead atoms. The molecular weight excluding hydrogens is 246 g/mol. The van der Waals surface area contributed by atoms with E-state index in [4.69, 9.17) is 4.42 Å². The predicted octanol–water partition coefficient (Wildman–Crippen LogP) is 0.308. The zero-order valence-corrected chi connectivity index (χ0v) is 10.5. The minimum absolute atomic E-state index is 0.120. The zero-order chi connectivity index (χ0) is 13.4. The lowest BCUT2D eigenvalue weighted by Crippen LogP contribution is -2.45. The van der Waals surface area contributed by atoms with Gasteiger partial charge in [0.2, 0.25) is 5.91 Å². The number of hydrogen-bond acceptors (Lipinski definition) is 4. The highest BCUT2D eigenvalue weighted by Gasteiger charge is 2.51. The molecule has 19 heavy (non-hydrogen) atoms. The predicted molar refractivity (Wildman–Crippen MR) is 63.4 cm³/mol. The summed E-state index contributed by atoms with van der Waals surface area (Å²) in [6, 6.07) is 3.53. The van der Waals surface area contributed by atoms with Crippen molar-refractivity contribution in [2.24, 2.45) is 23.7 Å². The minimum atomic E-state index is -1.08. The van der Waals surface area contributed by atoms with Gasteiger partial charge in [-0.25, -0.2) is 0 Å². The van der Waals surface area contributed by atoms with Gasteiger partial charge in [-0.1, -0.05) is 0 Å². The third kappa shape index (κ3) is 2.13. The van der Waals surface area contributed by atoms with Crippen molar-refractivity contribution in [3.63, 3.8) is 0 Å². The molecule has 1 N–H and O–H groups in total. The fourth-order valence-electron chi connectivity index (χ4n) is 3.71. The van der Waals surface area contributed by atoms with Gasteiger partial charge in [-0.2, -0.15) is 0 Å². The molecule has 0 spiro atoms. The van der Waals surface area contributed by atoms with Crippen LogP contribution in [0.5, 0.6) is 0 Å². The molecule has 1 aromatic rings. The number of carboxylic acid groups (broad SMARTS) is 1. The summed E-state index contributed by atoms with van der Waals surface area (Å²) < 4.78 is 5.14. The number of nitrogens with one attached hydrogen (secondary N) is 1. The fourth-order valence-corrected chi connectivity index (χ4v) is 3.71. The van der Waals surface area contributed by atoms with Crippen LogP contribution >= 0.6 is 0 Å². The van der Waals surface area contributed by atoms with Crippen molar-refractivity contribution in [3.05, 3.63) is 24.2 Å². The molecule has 0 radical (unpaired) electrons. The maximum absolute atomic E-state index is 12.2. The molecule has 2 fully saturated rings. The van der Waals surface area contributed by atoms with Gasteiger partial charge in [-0.05, 0) is 43.2 Å². The molecule has 2 aliphatic rings. The van der Waals surface area contributed by atoms with Gasteiger partial charge in [-0.3, -0.25) is 4.79 Å². The van der Waals surface area contributed by atoms with Crippen molar-refractivity contribution >= 4 is 11.9 Å². The molecule has 1 heterocycles. The topological polar surface area (TPSA) is 82.4 Å². The van der Waals surface area contributed by atoms with Crippen molar-refractivity contribution in [1.82, 2.24) is 5.32 Å². The zero-order valence-electron chi connectivity index (χ0n) is 10.5. The first-order chi connectivity index (χ1) is 9.16. The number of rotatable bonds is 4. The Balaban J connectivity index is 1.66. The van der Waals surface area contributed by atoms with Crippen LogP contribution in [0, 0.1) is 23.7 Å². The molecule has 5 heteroatoms. The first kappa shape index (κ1) is 12.3. The Kier molecular flexibility index (Phi) is 3.05. The number of hydrogen-bond donors (Lipinski definition) is 1. The lowest BCUT2D eigenvalue weighted by atomic mass is 9.79. The summed E-state index contributed by atoms with van der Waals surface area (Å²) in [4.78, 5) is 23.4. The molecule has 0 unspecified atom stereocenters. The van der Waals surface area contributed by atoms with Gasteiger partial charge in [0.15, 0.2) is 0 Å². The molecule has 2 aliphatic carbocycles. The first-order valence-corrected chi connectivity index (χ1v) is 6.67. The van der Waals surface area contributed by atoms with Crippen LogP contribution in [0.1, 0.15) is 25.0 Å². The quantitative estimate of drug-likeness (QED) is 0.846. The molecular formula is C14H16NO4-. The van der Waals surface area contributed by atoms with E-state index in [2.05, 4.69) is 5.32 Å². The van der Waals surface area contributed by atoms with Crippen molar-refractivity contribution in [2.75, 3.05) is 0 Å². The van der Waals surface area contributed by atoms with Gasteiger partial charge < -0.3 is 19.6 Å². The van der Waals surface area contributed by atoms with Gasteiger partial charge in [0.25, 0.3) is 0 Å². The smallest absolute Gasteiger partial charge is 0.224 e. The summed E-state index contributed by atoms with van der Waals surface area (Å²) in [5.74, 6) is -1.32. The van der Waals surface area contributed by atoms with E-state index in [0.717, 1.165) is 19.3 Å². The fraction of sp³-hybridized carbons (Fsp3) is 0.571. The molecule has 1 amide bonds. The number of aliphatic carboxylic acids is 1. The lowest BCUT2D eigenvalue weighted by Gasteiger charge is -2.30. The number of fused-ring (bicyclic) bond motifs is 2. The average molecular weight is 262 g/mol. The second-order valence-corrected chi connectivity index (χ2v) is 5.50. The Bertz CT molecular complexity index is 482. The lowest BCUT2D eigenvalue weighted by molar-refractivity contribution is -0.314. The van der Waals surface area contributed by atoms with Crippen LogP contribution < -0.4 is 10.4 Å². The second-order valence-electron chi connectivity index (χ2n) is 5.50. The Hall–Kier alpha value is -1.78. The average Bonchev–Trinajstić information content (AvgIpc) is 3.10. The number of carbonyl (C=O) groups is 2. The highest BCUT2D eigenvalue weighted by molar-refractivity contribution is 5.85. The number of furan rings is 1. The SMILES string of the molecule is O=C([O-])[C@H]1[C@H]2CC[C@@H](C2)[C@@H]1C(=O)NCc1ccco1. The van der Waals surface area contributed by atoms with Crippen LogP contribution in [0.3, 0.4) is 0 Å². The number of amides is 1. The number of carbonyl (C=O) groups excluding carboxylic acids is 2. The molecule has 5 nitrogen and oxygen atoms in total. The molecule has 0 aromatic carbocycles. The monoisotopic (exact) mass is 262 g/mol. The van der Waals surface area contributed by atoms with Crippen molar-refractivity contribution in [2.45, 2.75) is 25.8 Å². The maximum atomic E-state index is 12.2. The summed E-state index contributed by atoms with van der Waals surface area (Å²) >= 11 is 0. The Labute approximate surface area is 111 Å². The highest BCUT2D eigenvalue weighted by Crippen LogP contribution is 2.52. The number of carboxylic acids is 1. The van der Waals surface area contributed by atoms with Gasteiger partial charge in [0.05, 0.1) is 12.8 Å². The van der Waals surface area contributed by atoms with Gasteiger partial charge >= 0.3 is 0 Å². The Morgan fingerprint density at radius 3 is 2.68 bits per heavy atom. The maximum Gasteiger partial charge on any atom is 0.224 e. The Morgan fingerprint density at radius 2 is 2.05 bits per heavy atom. The summed E-state index contributed by atoms with van der Waals surface area (Å²) in [5, 5.41) is 14.0. The molecule has 4 atom stereocenters. The summed E-state index contributed by atoms with van der Waals surface area (Å²) in [6.45, 7) is 0.305. The van der Waals surface area contributed by atoms with Crippen molar-refractivity contribution in [1.29, 1.82) is 0 Å². The van der Waals surface area contributed by atoms with Crippen LogP contribution in [-0.2, 0) is 16.1 Å². The first-order valence-electron chi connectivity index (χ1n) is 6.67. The molecule has 0 aliphatic heterocycles. The van der Waals surface area contributed by atoms with Crippen molar-refractivity contribution < 1.29 is 19.1 Å². The van der Waals surface area contributed by atoms with E-state index in [1.54, 1.807) is 18.4 Å². The van der Waals surface area contributed by atoms with Crippen LogP contribution in [0.15, 0.2) is 22.8 Å². The van der Waals surface area contributed by atoms with E-state index in [1.807, 2.05) is 0 Å². The Morgan fingerprint density at radius 1 is 1.32 bits per heavy atom. The third-order valence-electron chi connectivity index (χ3n) is 4.51. The van der Waals surface area contributed by atoms with E-state index < -0.39 is 17.8 Å².